The number of rotatable bonds is 8. The van der Waals surface area contributed by atoms with Crippen molar-refractivity contribution in [1.29, 1.82) is 0 Å². The molecular formula is C24H28ClN3O4S. The molecule has 0 spiro atoms. The summed E-state index contributed by atoms with van der Waals surface area (Å²) in [7, 11) is -3.81. The van der Waals surface area contributed by atoms with Crippen molar-refractivity contribution in [2.75, 3.05) is 18.4 Å². The van der Waals surface area contributed by atoms with E-state index >= 15 is 0 Å². The quantitative estimate of drug-likeness (QED) is 0.552. The van der Waals surface area contributed by atoms with Gasteiger partial charge in [-0.15, -0.1) is 0 Å². The predicted molar refractivity (Wildman–Crippen MR) is 130 cm³/mol. The molecule has 0 aromatic heterocycles. The topological polar surface area (TPSA) is 95.6 Å². The van der Waals surface area contributed by atoms with Crippen LogP contribution in [0.15, 0.2) is 66.1 Å². The van der Waals surface area contributed by atoms with Crippen LogP contribution in [-0.2, 0) is 26.0 Å². The summed E-state index contributed by atoms with van der Waals surface area (Å²) < 4.78 is 27.7. The van der Waals surface area contributed by atoms with Crippen LogP contribution in [0.5, 0.6) is 0 Å². The molecule has 1 aliphatic heterocycles. The van der Waals surface area contributed by atoms with Crippen LogP contribution >= 0.6 is 11.6 Å². The number of nitrogens with zero attached hydrogens (tertiary/aromatic N) is 1. The van der Waals surface area contributed by atoms with E-state index in [9.17, 15) is 18.0 Å². The number of carbonyl (C=O) groups excluding carboxylic acids is 2. The largest absolute Gasteiger partial charge is 0.347 e. The number of halogens is 1. The molecular weight excluding hydrogens is 462 g/mol. The van der Waals surface area contributed by atoms with Gasteiger partial charge in [-0.2, -0.15) is 4.31 Å². The second-order valence-electron chi connectivity index (χ2n) is 8.34. The predicted octanol–water partition coefficient (Wildman–Crippen LogP) is 3.76. The van der Waals surface area contributed by atoms with E-state index in [1.54, 1.807) is 0 Å². The summed E-state index contributed by atoms with van der Waals surface area (Å²) in [5.41, 5.74) is 1.01. The third-order valence-electron chi connectivity index (χ3n) is 5.75. The minimum absolute atomic E-state index is 0.00909. The average molecular weight is 490 g/mol. The molecule has 33 heavy (non-hydrogen) atoms. The van der Waals surface area contributed by atoms with Crippen LogP contribution in [0.4, 0.5) is 5.69 Å². The molecule has 2 aromatic carbocycles. The van der Waals surface area contributed by atoms with Crippen molar-refractivity contribution in [2.24, 2.45) is 0 Å². The molecule has 0 aliphatic carbocycles. The lowest BCUT2D eigenvalue weighted by molar-refractivity contribution is -0.118. The summed E-state index contributed by atoms with van der Waals surface area (Å²) >= 11 is 6.31. The highest BCUT2D eigenvalue weighted by molar-refractivity contribution is 7.89. The van der Waals surface area contributed by atoms with E-state index in [2.05, 4.69) is 17.2 Å². The van der Waals surface area contributed by atoms with Crippen LogP contribution in [0.3, 0.4) is 0 Å². The molecule has 7 nitrogen and oxygen atoms in total. The number of anilines is 1. The Hall–Kier alpha value is -2.68. The fourth-order valence-corrected chi connectivity index (χ4v) is 5.71. The number of piperidine rings is 1. The molecule has 9 heteroatoms. The minimum Gasteiger partial charge on any atom is -0.347 e. The number of carbonyl (C=O) groups is 2. The zero-order chi connectivity index (χ0) is 24.1. The molecule has 3 rings (SSSR count). The molecule has 2 aromatic rings. The number of hydrogen-bond acceptors (Lipinski definition) is 4. The van der Waals surface area contributed by atoms with Crippen molar-refractivity contribution in [3.8, 4) is 0 Å². The molecule has 0 radical (unpaired) electrons. The molecule has 176 valence electrons. The summed E-state index contributed by atoms with van der Waals surface area (Å²) in [5, 5.41) is 5.68. The van der Waals surface area contributed by atoms with E-state index in [0.717, 1.165) is 5.56 Å². The first-order valence-corrected chi connectivity index (χ1v) is 12.5. The number of sulfonamides is 1. The number of nitrogens with one attached hydrogen (secondary N) is 2. The first-order chi connectivity index (χ1) is 15.6. The fraction of sp³-hybridized carbons (Fsp3) is 0.333. The molecule has 0 saturated carbocycles. The molecule has 1 fully saturated rings. The van der Waals surface area contributed by atoms with Gasteiger partial charge in [0.15, 0.2) is 0 Å². The minimum atomic E-state index is -3.81. The van der Waals surface area contributed by atoms with Crippen molar-refractivity contribution in [3.05, 3.63) is 71.8 Å². The van der Waals surface area contributed by atoms with E-state index in [1.807, 2.05) is 37.3 Å². The highest BCUT2D eigenvalue weighted by Gasteiger charge is 2.36. The molecule has 1 aliphatic rings. The van der Waals surface area contributed by atoms with Gasteiger partial charge in [0, 0.05) is 30.7 Å². The van der Waals surface area contributed by atoms with Gasteiger partial charge >= 0.3 is 0 Å². The van der Waals surface area contributed by atoms with Crippen LogP contribution in [-0.4, -0.2) is 43.2 Å². The molecule has 0 atom stereocenters. The lowest BCUT2D eigenvalue weighted by Gasteiger charge is -2.39. The fourth-order valence-electron chi connectivity index (χ4n) is 3.75. The molecule has 2 N–H and O–H groups in total. The van der Waals surface area contributed by atoms with E-state index in [4.69, 9.17) is 11.6 Å². The Morgan fingerprint density at radius 1 is 1.15 bits per heavy atom. The number of hydrogen-bond donors (Lipinski definition) is 2. The average Bonchev–Trinajstić information content (AvgIpc) is 2.78. The lowest BCUT2D eigenvalue weighted by Crippen LogP contribution is -2.54. The number of aryl methyl sites for hydroxylation is 1. The second-order valence-corrected chi connectivity index (χ2v) is 10.7. The first-order valence-electron chi connectivity index (χ1n) is 10.7. The molecule has 1 heterocycles. The van der Waals surface area contributed by atoms with Gasteiger partial charge in [-0.1, -0.05) is 48.5 Å². The smallest absolute Gasteiger partial charge is 0.244 e. The SMILES string of the molecule is C=CC(=O)NC1(C)CCN(S(=O)(=O)c2ccc(NC(=O)CCc3ccccc3)cc2Cl)CC1. The lowest BCUT2D eigenvalue weighted by atomic mass is 9.90. The van der Waals surface area contributed by atoms with Crippen LogP contribution < -0.4 is 10.6 Å². The standard InChI is InChI=1S/C24H28ClN3O4S/c1-3-22(29)27-24(2)13-15-28(16-14-24)33(31,32)21-11-10-19(17-20(21)25)26-23(30)12-9-18-7-5-4-6-8-18/h3-8,10-11,17H,1,9,12-16H2,2H3,(H,26,30)(H,27,29). The third kappa shape index (κ3) is 6.43. The van der Waals surface area contributed by atoms with E-state index in [0.29, 0.717) is 31.4 Å². The maximum Gasteiger partial charge on any atom is 0.244 e. The van der Waals surface area contributed by atoms with E-state index < -0.39 is 15.6 Å². The van der Waals surface area contributed by atoms with Gasteiger partial charge in [-0.3, -0.25) is 9.59 Å². The van der Waals surface area contributed by atoms with Gasteiger partial charge in [0.25, 0.3) is 0 Å². The molecule has 0 bridgehead atoms. The van der Waals surface area contributed by atoms with Crippen LogP contribution in [0.1, 0.15) is 31.7 Å². The summed E-state index contributed by atoms with van der Waals surface area (Å²) in [6.07, 6.45) is 3.05. The van der Waals surface area contributed by atoms with Crippen LogP contribution in [0, 0.1) is 0 Å². The highest BCUT2D eigenvalue weighted by atomic mass is 35.5. The molecule has 2 amide bonds. The van der Waals surface area contributed by atoms with Gasteiger partial charge < -0.3 is 10.6 Å². The second kappa shape index (κ2) is 10.5. The summed E-state index contributed by atoms with van der Waals surface area (Å²) in [5.74, 6) is -0.458. The van der Waals surface area contributed by atoms with Crippen molar-refractivity contribution < 1.29 is 18.0 Å². The van der Waals surface area contributed by atoms with Crippen molar-refractivity contribution in [2.45, 2.75) is 43.0 Å². The van der Waals surface area contributed by atoms with Gasteiger partial charge in [0.05, 0.1) is 5.02 Å². The van der Waals surface area contributed by atoms with Gasteiger partial charge in [-0.05, 0) is 56.0 Å². The van der Waals surface area contributed by atoms with Crippen LogP contribution in [0.2, 0.25) is 5.02 Å². The van der Waals surface area contributed by atoms with Crippen molar-refractivity contribution in [1.82, 2.24) is 9.62 Å². The van der Waals surface area contributed by atoms with E-state index in [1.165, 1.54) is 28.6 Å². The van der Waals surface area contributed by atoms with Gasteiger partial charge in [0.2, 0.25) is 21.8 Å². The first kappa shape index (κ1) is 25.0. The Morgan fingerprint density at radius 2 is 1.82 bits per heavy atom. The maximum atomic E-state index is 13.1. The monoisotopic (exact) mass is 489 g/mol. The normalized spacial score (nSPS) is 16.1. The Kier molecular flexibility index (Phi) is 7.94. The highest BCUT2D eigenvalue weighted by Crippen LogP contribution is 2.31. The maximum absolute atomic E-state index is 13.1. The Morgan fingerprint density at radius 3 is 2.42 bits per heavy atom. The third-order valence-corrected chi connectivity index (χ3v) is 8.13. The Labute approximate surface area is 199 Å². The summed E-state index contributed by atoms with van der Waals surface area (Å²) in [6.45, 7) is 5.85. The van der Waals surface area contributed by atoms with Crippen molar-refractivity contribution >= 4 is 39.1 Å². The van der Waals surface area contributed by atoms with E-state index in [-0.39, 0.29) is 34.8 Å². The number of amides is 2. The van der Waals surface area contributed by atoms with Gasteiger partial charge in [0.1, 0.15) is 4.90 Å². The molecule has 0 unspecified atom stereocenters. The molecule has 1 saturated heterocycles. The Bertz CT molecular complexity index is 1130. The van der Waals surface area contributed by atoms with Crippen LogP contribution in [0.25, 0.3) is 0 Å². The Balaban J connectivity index is 1.62. The summed E-state index contributed by atoms with van der Waals surface area (Å²) in [4.78, 5) is 23.9. The number of benzene rings is 2. The van der Waals surface area contributed by atoms with Gasteiger partial charge in [-0.25, -0.2) is 8.42 Å². The summed E-state index contributed by atoms with van der Waals surface area (Å²) in [6, 6.07) is 14.1. The zero-order valence-corrected chi connectivity index (χ0v) is 20.1. The zero-order valence-electron chi connectivity index (χ0n) is 18.5. The van der Waals surface area contributed by atoms with Crippen molar-refractivity contribution in [3.63, 3.8) is 0 Å².